The Kier molecular flexibility index (Phi) is 1.44. The highest BCUT2D eigenvalue weighted by atomic mass is 35.5. The third-order valence-electron chi connectivity index (χ3n) is 1.56. The first-order chi connectivity index (χ1) is 4.86. The maximum atomic E-state index is 5.75. The summed E-state index contributed by atoms with van der Waals surface area (Å²) in [7, 11) is 1.74. The maximum absolute atomic E-state index is 5.75. The summed E-state index contributed by atoms with van der Waals surface area (Å²) in [4.78, 5) is 0. The van der Waals surface area contributed by atoms with Crippen LogP contribution in [0.25, 0.3) is 0 Å². The van der Waals surface area contributed by atoms with Crippen molar-refractivity contribution in [2.45, 2.75) is 6.61 Å². The molecule has 0 amide bonds. The van der Waals surface area contributed by atoms with Gasteiger partial charge in [0.15, 0.2) is 0 Å². The number of benzene rings is 1. The average Bonchev–Trinajstić information content (AvgIpc) is 2.33. The topological polar surface area (TPSA) is 9.23 Å². The Morgan fingerprint density at radius 1 is 1.50 bits per heavy atom. The first-order valence-electron chi connectivity index (χ1n) is 3.09. The molecule has 1 radical (unpaired) electrons. The van der Waals surface area contributed by atoms with Crippen molar-refractivity contribution < 1.29 is 4.65 Å². The molecular formula is C7H5BClO. The van der Waals surface area contributed by atoms with Gasteiger partial charge in [-0.05, 0) is 23.2 Å². The van der Waals surface area contributed by atoms with Gasteiger partial charge in [-0.15, -0.1) is 0 Å². The first-order valence-corrected chi connectivity index (χ1v) is 3.47. The molecule has 3 heteroatoms. The molecule has 0 unspecified atom stereocenters. The van der Waals surface area contributed by atoms with Gasteiger partial charge in [0, 0.05) is 5.02 Å². The summed E-state index contributed by atoms with van der Waals surface area (Å²) in [6.07, 6.45) is 0. The number of rotatable bonds is 0. The second-order valence-electron chi connectivity index (χ2n) is 2.27. The van der Waals surface area contributed by atoms with Crippen molar-refractivity contribution in [1.82, 2.24) is 0 Å². The van der Waals surface area contributed by atoms with Crippen LogP contribution in [-0.2, 0) is 11.3 Å². The SMILES string of the molecule is Clc1ccc2c(c1)[B]OC2. The first kappa shape index (κ1) is 6.26. The molecule has 10 heavy (non-hydrogen) atoms. The molecule has 0 fully saturated rings. The van der Waals surface area contributed by atoms with Gasteiger partial charge in [-0.2, -0.15) is 0 Å². The van der Waals surface area contributed by atoms with Crippen LogP contribution >= 0.6 is 11.6 Å². The number of hydrogen-bond donors (Lipinski definition) is 0. The summed E-state index contributed by atoms with van der Waals surface area (Å²) in [5.74, 6) is 0. The minimum atomic E-state index is 0.687. The van der Waals surface area contributed by atoms with E-state index in [1.54, 1.807) is 7.48 Å². The van der Waals surface area contributed by atoms with Gasteiger partial charge >= 0.3 is 7.48 Å². The fraction of sp³-hybridized carbons (Fsp3) is 0.143. The molecule has 0 spiro atoms. The molecular weight excluding hydrogens is 146 g/mol. The summed E-state index contributed by atoms with van der Waals surface area (Å²) in [5, 5.41) is 0.764. The van der Waals surface area contributed by atoms with Crippen molar-refractivity contribution in [1.29, 1.82) is 0 Å². The zero-order valence-corrected chi connectivity index (χ0v) is 6.06. The van der Waals surface area contributed by atoms with Crippen LogP contribution in [-0.4, -0.2) is 7.48 Å². The lowest BCUT2D eigenvalue weighted by Gasteiger charge is -1.94. The molecule has 1 aromatic rings. The van der Waals surface area contributed by atoms with Crippen LogP contribution in [0.1, 0.15) is 5.56 Å². The Labute approximate surface area is 65.2 Å². The van der Waals surface area contributed by atoms with Gasteiger partial charge < -0.3 is 4.65 Å². The normalized spacial score (nSPS) is 14.5. The molecule has 1 heterocycles. The van der Waals surface area contributed by atoms with Crippen molar-refractivity contribution in [3.63, 3.8) is 0 Å². The van der Waals surface area contributed by atoms with E-state index in [1.807, 2.05) is 18.2 Å². The fourth-order valence-electron chi connectivity index (χ4n) is 1.03. The maximum Gasteiger partial charge on any atom is 0.330 e. The van der Waals surface area contributed by atoms with Gasteiger partial charge in [0.2, 0.25) is 0 Å². The average molecular weight is 151 g/mol. The number of fused-ring (bicyclic) bond motifs is 1. The van der Waals surface area contributed by atoms with E-state index in [-0.39, 0.29) is 0 Å². The summed E-state index contributed by atoms with van der Waals surface area (Å²) < 4.78 is 5.09. The van der Waals surface area contributed by atoms with Crippen LogP contribution in [0.4, 0.5) is 0 Å². The molecule has 0 saturated heterocycles. The Bertz CT molecular complexity index is 262. The van der Waals surface area contributed by atoms with Crippen molar-refractivity contribution >= 4 is 24.5 Å². The molecule has 2 rings (SSSR count). The third-order valence-corrected chi connectivity index (χ3v) is 1.79. The lowest BCUT2D eigenvalue weighted by atomic mass is 9.88. The molecule has 0 bridgehead atoms. The van der Waals surface area contributed by atoms with Crippen molar-refractivity contribution in [3.05, 3.63) is 28.8 Å². The molecule has 0 atom stereocenters. The van der Waals surface area contributed by atoms with Gasteiger partial charge in [-0.1, -0.05) is 17.7 Å². The summed E-state index contributed by atoms with van der Waals surface area (Å²) in [6, 6.07) is 5.77. The van der Waals surface area contributed by atoms with Crippen LogP contribution in [0.2, 0.25) is 5.02 Å². The molecule has 1 aromatic carbocycles. The molecule has 1 aliphatic rings. The van der Waals surface area contributed by atoms with Crippen LogP contribution in [0.15, 0.2) is 18.2 Å². The van der Waals surface area contributed by atoms with E-state index in [9.17, 15) is 0 Å². The van der Waals surface area contributed by atoms with Crippen molar-refractivity contribution in [3.8, 4) is 0 Å². The van der Waals surface area contributed by atoms with Crippen LogP contribution in [0.3, 0.4) is 0 Å². The quantitative estimate of drug-likeness (QED) is 0.505. The zero-order valence-electron chi connectivity index (χ0n) is 5.30. The van der Waals surface area contributed by atoms with E-state index >= 15 is 0 Å². The second kappa shape index (κ2) is 2.29. The van der Waals surface area contributed by atoms with E-state index in [0.717, 1.165) is 10.5 Å². The monoisotopic (exact) mass is 151 g/mol. The number of halogens is 1. The van der Waals surface area contributed by atoms with Gasteiger partial charge in [0.1, 0.15) is 0 Å². The van der Waals surface area contributed by atoms with Crippen LogP contribution < -0.4 is 5.46 Å². The van der Waals surface area contributed by atoms with Crippen LogP contribution in [0, 0.1) is 0 Å². The molecule has 0 aliphatic carbocycles. The smallest absolute Gasteiger partial charge is 0.330 e. The van der Waals surface area contributed by atoms with Crippen LogP contribution in [0.5, 0.6) is 0 Å². The van der Waals surface area contributed by atoms with E-state index in [4.69, 9.17) is 16.3 Å². The second-order valence-corrected chi connectivity index (χ2v) is 2.71. The lowest BCUT2D eigenvalue weighted by molar-refractivity contribution is 0.345. The fourth-order valence-corrected chi connectivity index (χ4v) is 1.21. The summed E-state index contributed by atoms with van der Waals surface area (Å²) in [5.41, 5.74) is 2.32. The van der Waals surface area contributed by atoms with E-state index in [2.05, 4.69) is 0 Å². The van der Waals surface area contributed by atoms with Crippen molar-refractivity contribution in [2.24, 2.45) is 0 Å². The Morgan fingerprint density at radius 2 is 2.40 bits per heavy atom. The highest BCUT2D eigenvalue weighted by molar-refractivity contribution is 6.49. The molecule has 0 saturated carbocycles. The predicted molar refractivity (Wildman–Crippen MR) is 41.6 cm³/mol. The highest BCUT2D eigenvalue weighted by Gasteiger charge is 2.12. The molecule has 49 valence electrons. The van der Waals surface area contributed by atoms with E-state index in [1.165, 1.54) is 5.56 Å². The van der Waals surface area contributed by atoms with Gasteiger partial charge in [-0.3, -0.25) is 0 Å². The van der Waals surface area contributed by atoms with Gasteiger partial charge in [0.25, 0.3) is 0 Å². The zero-order chi connectivity index (χ0) is 6.97. The standard InChI is InChI=1S/C7H5BClO/c9-6-2-1-5-4-10-8-7(5)3-6/h1-3H,4H2. The Morgan fingerprint density at radius 3 is 3.30 bits per heavy atom. The minimum absolute atomic E-state index is 0.687. The number of hydrogen-bond acceptors (Lipinski definition) is 1. The summed E-state index contributed by atoms with van der Waals surface area (Å²) in [6.45, 7) is 0.687. The highest BCUT2D eigenvalue weighted by Crippen LogP contribution is 2.11. The largest absolute Gasteiger partial charge is 0.430 e. The van der Waals surface area contributed by atoms with E-state index in [0.29, 0.717) is 6.61 Å². The molecule has 1 aliphatic heterocycles. The van der Waals surface area contributed by atoms with Crippen molar-refractivity contribution in [2.75, 3.05) is 0 Å². The van der Waals surface area contributed by atoms with Gasteiger partial charge in [-0.25, -0.2) is 0 Å². The van der Waals surface area contributed by atoms with E-state index < -0.39 is 0 Å². The van der Waals surface area contributed by atoms with Gasteiger partial charge in [0.05, 0.1) is 6.61 Å². The molecule has 1 nitrogen and oxygen atoms in total. The lowest BCUT2D eigenvalue weighted by Crippen LogP contribution is -2.10. The third kappa shape index (κ3) is 0.937. The Balaban J connectivity index is 2.52. The Hall–Kier alpha value is -0.465. The molecule has 0 N–H and O–H groups in total. The summed E-state index contributed by atoms with van der Waals surface area (Å²) >= 11 is 5.75. The predicted octanol–water partition coefficient (Wildman–Crippen LogP) is 1.11. The minimum Gasteiger partial charge on any atom is -0.430 e. The molecule has 0 aromatic heterocycles.